The molecule has 3 rings (SSSR count). The summed E-state index contributed by atoms with van der Waals surface area (Å²) >= 11 is 0. The predicted octanol–water partition coefficient (Wildman–Crippen LogP) is 2.31. The number of nitrogens with two attached hydrogens (primary N) is 1. The third-order valence-corrected chi connectivity index (χ3v) is 4.73. The summed E-state index contributed by atoms with van der Waals surface area (Å²) in [6.45, 7) is 0.673. The number of nitrogens with zero attached hydrogens (tertiary/aromatic N) is 1. The molecule has 1 heterocycles. The molecule has 0 atom stereocenters. The monoisotopic (exact) mass is 388 g/mol. The van der Waals surface area contributed by atoms with Crippen LogP contribution >= 0.6 is 24.8 Å². The first-order chi connectivity index (χ1) is 11.0. The number of rotatable bonds is 2. The van der Waals surface area contributed by atoms with Gasteiger partial charge >= 0.3 is 0 Å². The molecule has 1 saturated carbocycles. The number of benzene rings is 1. The molecule has 0 bridgehead atoms. The first-order valence-electron chi connectivity index (χ1n) is 8.24. The molecule has 6 nitrogen and oxygen atoms in total. The number of nitrogens with one attached hydrogen (secondary N) is 2. The summed E-state index contributed by atoms with van der Waals surface area (Å²) in [7, 11) is 1.95. The van der Waals surface area contributed by atoms with Crippen LogP contribution in [0.3, 0.4) is 0 Å². The van der Waals surface area contributed by atoms with Crippen LogP contribution in [0.4, 0.5) is 11.4 Å². The quantitative estimate of drug-likeness (QED) is 0.725. The van der Waals surface area contributed by atoms with Gasteiger partial charge in [0.05, 0.1) is 11.4 Å². The van der Waals surface area contributed by atoms with Gasteiger partial charge in [0.1, 0.15) is 0 Å². The van der Waals surface area contributed by atoms with Gasteiger partial charge in [-0.2, -0.15) is 0 Å². The van der Waals surface area contributed by atoms with Crippen molar-refractivity contribution in [1.29, 1.82) is 0 Å². The van der Waals surface area contributed by atoms with Gasteiger partial charge in [-0.15, -0.1) is 24.8 Å². The van der Waals surface area contributed by atoms with Gasteiger partial charge in [-0.3, -0.25) is 9.59 Å². The Kier molecular flexibility index (Phi) is 7.99. The van der Waals surface area contributed by atoms with Crippen molar-refractivity contribution in [3.63, 3.8) is 0 Å². The summed E-state index contributed by atoms with van der Waals surface area (Å²) in [5.74, 6) is -0.108. The van der Waals surface area contributed by atoms with Crippen LogP contribution in [0.15, 0.2) is 18.2 Å². The van der Waals surface area contributed by atoms with E-state index in [1.54, 1.807) is 6.07 Å². The number of anilines is 2. The van der Waals surface area contributed by atoms with Crippen molar-refractivity contribution in [2.24, 2.45) is 5.73 Å². The number of halogens is 2. The van der Waals surface area contributed by atoms with Crippen molar-refractivity contribution in [3.8, 4) is 0 Å². The fourth-order valence-corrected chi connectivity index (χ4v) is 3.24. The summed E-state index contributed by atoms with van der Waals surface area (Å²) in [6.07, 6.45) is 4.22. The van der Waals surface area contributed by atoms with Crippen molar-refractivity contribution in [2.75, 3.05) is 23.8 Å². The van der Waals surface area contributed by atoms with Crippen LogP contribution < -0.4 is 21.3 Å². The highest BCUT2D eigenvalue weighted by Crippen LogP contribution is 2.29. The lowest BCUT2D eigenvalue weighted by molar-refractivity contribution is -0.115. The molecule has 8 heteroatoms. The minimum Gasteiger partial charge on any atom is -0.372 e. The number of amides is 2. The highest BCUT2D eigenvalue weighted by Gasteiger charge is 2.22. The van der Waals surface area contributed by atoms with Crippen molar-refractivity contribution in [1.82, 2.24) is 5.32 Å². The summed E-state index contributed by atoms with van der Waals surface area (Å²) in [5.41, 5.74) is 8.12. The molecule has 2 amide bonds. The number of carbonyl (C=O) groups is 2. The summed E-state index contributed by atoms with van der Waals surface area (Å²) < 4.78 is 0. The maximum absolute atomic E-state index is 12.5. The number of fused-ring (bicyclic) bond motifs is 1. The van der Waals surface area contributed by atoms with Gasteiger partial charge in [0.25, 0.3) is 5.91 Å². The zero-order valence-electron chi connectivity index (χ0n) is 14.3. The number of carbonyl (C=O) groups excluding carboxylic acids is 2. The Morgan fingerprint density at radius 2 is 1.92 bits per heavy atom. The normalized spacial score (nSPS) is 22.5. The Labute approximate surface area is 160 Å². The molecule has 25 heavy (non-hydrogen) atoms. The topological polar surface area (TPSA) is 87.5 Å². The maximum Gasteiger partial charge on any atom is 0.251 e. The molecule has 0 spiro atoms. The van der Waals surface area contributed by atoms with E-state index in [0.717, 1.165) is 31.4 Å². The summed E-state index contributed by atoms with van der Waals surface area (Å²) in [6, 6.07) is 5.93. The Balaban J connectivity index is 0.00000156. The average molecular weight is 389 g/mol. The second-order valence-corrected chi connectivity index (χ2v) is 6.54. The molecule has 1 fully saturated rings. The van der Waals surface area contributed by atoms with Crippen molar-refractivity contribution < 1.29 is 9.59 Å². The van der Waals surface area contributed by atoms with Crippen LogP contribution in [0.5, 0.6) is 0 Å². The molecule has 0 unspecified atom stereocenters. The lowest BCUT2D eigenvalue weighted by atomic mass is 9.91. The smallest absolute Gasteiger partial charge is 0.251 e. The predicted molar refractivity (Wildman–Crippen MR) is 105 cm³/mol. The van der Waals surface area contributed by atoms with E-state index in [-0.39, 0.29) is 48.7 Å². The van der Waals surface area contributed by atoms with Crippen LogP contribution in [-0.4, -0.2) is 37.5 Å². The van der Waals surface area contributed by atoms with Gasteiger partial charge in [-0.25, -0.2) is 0 Å². The minimum absolute atomic E-state index is 0. The van der Waals surface area contributed by atoms with E-state index in [9.17, 15) is 9.59 Å². The largest absolute Gasteiger partial charge is 0.372 e. The van der Waals surface area contributed by atoms with Crippen LogP contribution in [0, 0.1) is 0 Å². The lowest BCUT2D eigenvalue weighted by Gasteiger charge is -2.27. The average Bonchev–Trinajstić information content (AvgIpc) is 2.68. The van der Waals surface area contributed by atoms with Gasteiger partial charge < -0.3 is 21.3 Å². The van der Waals surface area contributed by atoms with Crippen LogP contribution in [0.25, 0.3) is 0 Å². The van der Waals surface area contributed by atoms with E-state index in [1.807, 2.05) is 24.1 Å². The Hall–Kier alpha value is -1.50. The molecule has 4 N–H and O–H groups in total. The van der Waals surface area contributed by atoms with E-state index in [1.165, 1.54) is 0 Å². The van der Waals surface area contributed by atoms with E-state index >= 15 is 0 Å². The molecular weight excluding hydrogens is 363 g/mol. The third kappa shape index (κ3) is 5.23. The van der Waals surface area contributed by atoms with E-state index in [4.69, 9.17) is 5.73 Å². The molecule has 1 aliphatic heterocycles. The Morgan fingerprint density at radius 3 is 2.60 bits per heavy atom. The first kappa shape index (κ1) is 21.5. The van der Waals surface area contributed by atoms with E-state index in [0.29, 0.717) is 24.2 Å². The van der Waals surface area contributed by atoms with Crippen molar-refractivity contribution >= 4 is 48.0 Å². The molecule has 140 valence electrons. The number of hydrogen-bond acceptors (Lipinski definition) is 4. The fourth-order valence-electron chi connectivity index (χ4n) is 3.24. The molecule has 0 radical (unpaired) electrons. The Morgan fingerprint density at radius 1 is 1.24 bits per heavy atom. The second kappa shape index (κ2) is 9.27. The SMILES string of the molecule is CN1CCC(=O)Nc2cc(C(=O)NC3CCC(N)CC3)ccc21.Cl.Cl. The summed E-state index contributed by atoms with van der Waals surface area (Å²) in [5, 5.41) is 5.96. The molecule has 0 saturated heterocycles. The van der Waals surface area contributed by atoms with Crippen LogP contribution in [0.2, 0.25) is 0 Å². The van der Waals surface area contributed by atoms with Gasteiger partial charge in [-0.05, 0) is 43.9 Å². The molecule has 1 aromatic rings. The second-order valence-electron chi connectivity index (χ2n) is 6.54. The van der Waals surface area contributed by atoms with Gasteiger partial charge in [0.15, 0.2) is 0 Å². The molecular formula is C17H26Cl2N4O2. The fraction of sp³-hybridized carbons (Fsp3) is 0.529. The molecule has 2 aliphatic rings. The Bertz CT molecular complexity index is 619. The third-order valence-electron chi connectivity index (χ3n) is 4.73. The molecule has 0 aromatic heterocycles. The zero-order valence-corrected chi connectivity index (χ0v) is 15.9. The molecule has 1 aliphatic carbocycles. The maximum atomic E-state index is 12.5. The first-order valence-corrected chi connectivity index (χ1v) is 8.24. The van der Waals surface area contributed by atoms with E-state index < -0.39 is 0 Å². The van der Waals surface area contributed by atoms with Gasteiger partial charge in [0, 0.05) is 37.7 Å². The highest BCUT2D eigenvalue weighted by molar-refractivity contribution is 6.01. The highest BCUT2D eigenvalue weighted by atomic mass is 35.5. The summed E-state index contributed by atoms with van der Waals surface area (Å²) in [4.78, 5) is 26.3. The van der Waals surface area contributed by atoms with Gasteiger partial charge in [0.2, 0.25) is 5.91 Å². The lowest BCUT2D eigenvalue weighted by Crippen LogP contribution is -2.40. The minimum atomic E-state index is -0.0885. The van der Waals surface area contributed by atoms with E-state index in [2.05, 4.69) is 10.6 Å². The zero-order chi connectivity index (χ0) is 16.4. The van der Waals surface area contributed by atoms with Crippen LogP contribution in [0.1, 0.15) is 42.5 Å². The standard InChI is InChI=1S/C17H24N4O2.2ClH/c1-21-9-8-16(22)20-14-10-11(2-7-15(14)21)17(23)19-13-5-3-12(18)4-6-13;;/h2,7,10,12-13H,3-6,8-9,18H2,1H3,(H,19,23)(H,20,22);2*1H. The molecule has 1 aromatic carbocycles. The van der Waals surface area contributed by atoms with Crippen molar-refractivity contribution in [3.05, 3.63) is 23.8 Å². The van der Waals surface area contributed by atoms with Gasteiger partial charge in [-0.1, -0.05) is 0 Å². The van der Waals surface area contributed by atoms with Crippen LogP contribution in [-0.2, 0) is 4.79 Å². The number of hydrogen-bond donors (Lipinski definition) is 3. The van der Waals surface area contributed by atoms with Crippen molar-refractivity contribution in [2.45, 2.75) is 44.2 Å².